The average Bonchev–Trinajstić information content (AvgIpc) is 3.11. The molecule has 0 bridgehead atoms. The van der Waals surface area contributed by atoms with Gasteiger partial charge >= 0.3 is 0 Å². The topological polar surface area (TPSA) is 54.5 Å². The predicted molar refractivity (Wildman–Crippen MR) is 74.7 cm³/mol. The van der Waals surface area contributed by atoms with E-state index in [9.17, 15) is 5.26 Å². The van der Waals surface area contributed by atoms with Crippen molar-refractivity contribution in [2.75, 3.05) is 0 Å². The van der Waals surface area contributed by atoms with Crippen LogP contribution in [0.5, 0.6) is 0 Å². The Bertz CT molecular complexity index is 721. The number of hydrogen-bond acceptors (Lipinski definition) is 3. The first-order valence-corrected chi connectivity index (χ1v) is 7.35. The fourth-order valence-corrected chi connectivity index (χ4v) is 3.38. The zero-order valence-electron chi connectivity index (χ0n) is 11.4. The summed E-state index contributed by atoms with van der Waals surface area (Å²) < 4.78 is 2.05. The Morgan fingerprint density at radius 3 is 2.80 bits per heavy atom. The van der Waals surface area contributed by atoms with Gasteiger partial charge in [0.05, 0.1) is 11.3 Å². The molecular formula is C16H16N4. The number of nitrogens with zero attached hydrogens (tertiary/aromatic N) is 4. The first kappa shape index (κ1) is 11.7. The van der Waals surface area contributed by atoms with Crippen LogP contribution in [0.15, 0.2) is 12.4 Å². The quantitative estimate of drug-likeness (QED) is 0.795. The Morgan fingerprint density at radius 1 is 1.05 bits per heavy atom. The van der Waals surface area contributed by atoms with Crippen LogP contribution in [0.2, 0.25) is 0 Å². The van der Waals surface area contributed by atoms with Gasteiger partial charge in [-0.1, -0.05) is 0 Å². The third kappa shape index (κ3) is 1.66. The molecule has 20 heavy (non-hydrogen) atoms. The molecule has 0 atom stereocenters. The van der Waals surface area contributed by atoms with E-state index in [1.54, 1.807) is 0 Å². The summed E-state index contributed by atoms with van der Waals surface area (Å²) in [6.45, 7) is 0. The average molecular weight is 264 g/mol. The van der Waals surface area contributed by atoms with Crippen LogP contribution < -0.4 is 0 Å². The maximum atomic E-state index is 9.43. The van der Waals surface area contributed by atoms with E-state index in [0.717, 1.165) is 43.6 Å². The molecule has 0 amide bonds. The third-order valence-corrected chi connectivity index (χ3v) is 4.41. The monoisotopic (exact) mass is 264 g/mol. The minimum absolute atomic E-state index is 0.677. The molecule has 2 aromatic heterocycles. The van der Waals surface area contributed by atoms with Crippen molar-refractivity contribution in [3.8, 4) is 11.9 Å². The predicted octanol–water partition coefficient (Wildman–Crippen LogP) is 2.51. The minimum Gasteiger partial charge on any atom is -0.286 e. The highest BCUT2D eigenvalue weighted by Crippen LogP contribution is 2.27. The fourth-order valence-electron chi connectivity index (χ4n) is 3.38. The van der Waals surface area contributed by atoms with Gasteiger partial charge in [-0.05, 0) is 56.6 Å². The molecule has 0 spiro atoms. The summed E-state index contributed by atoms with van der Waals surface area (Å²) in [5.74, 6) is 0.781. The first-order chi connectivity index (χ1) is 9.86. The molecule has 2 aliphatic rings. The number of nitriles is 1. The Balaban J connectivity index is 1.90. The molecule has 100 valence electrons. The first-order valence-electron chi connectivity index (χ1n) is 7.35. The van der Waals surface area contributed by atoms with Crippen LogP contribution in [0.3, 0.4) is 0 Å². The van der Waals surface area contributed by atoms with Crippen LogP contribution in [-0.2, 0) is 25.7 Å². The minimum atomic E-state index is 0.677. The summed E-state index contributed by atoms with van der Waals surface area (Å²) in [4.78, 5) is 9.29. The van der Waals surface area contributed by atoms with Gasteiger partial charge in [0.2, 0.25) is 0 Å². The summed E-state index contributed by atoms with van der Waals surface area (Å²) in [5.41, 5.74) is 5.52. The van der Waals surface area contributed by atoms with Gasteiger partial charge in [-0.3, -0.25) is 4.57 Å². The largest absolute Gasteiger partial charge is 0.286 e. The van der Waals surface area contributed by atoms with Gasteiger partial charge in [-0.25, -0.2) is 9.97 Å². The van der Waals surface area contributed by atoms with Crippen LogP contribution in [0.4, 0.5) is 0 Å². The lowest BCUT2D eigenvalue weighted by atomic mass is 10.0. The second-order valence-electron chi connectivity index (χ2n) is 5.65. The normalized spacial score (nSPS) is 16.6. The summed E-state index contributed by atoms with van der Waals surface area (Å²) in [6.07, 6.45) is 9.59. The second kappa shape index (κ2) is 4.45. The molecular weight excluding hydrogens is 248 g/mol. The van der Waals surface area contributed by atoms with E-state index in [1.165, 1.54) is 29.8 Å². The molecule has 4 rings (SSSR count). The third-order valence-electron chi connectivity index (χ3n) is 4.41. The van der Waals surface area contributed by atoms with E-state index < -0.39 is 0 Å². The Morgan fingerprint density at radius 2 is 1.90 bits per heavy atom. The highest BCUT2D eigenvalue weighted by molar-refractivity contribution is 5.49. The molecule has 4 nitrogen and oxygen atoms in total. The molecule has 0 aliphatic heterocycles. The van der Waals surface area contributed by atoms with Crippen LogP contribution in [-0.4, -0.2) is 14.5 Å². The molecule has 2 heterocycles. The van der Waals surface area contributed by atoms with Crippen molar-refractivity contribution in [3.05, 3.63) is 40.6 Å². The molecule has 0 fully saturated rings. The number of hydrogen-bond donors (Lipinski definition) is 0. The molecule has 0 saturated carbocycles. The van der Waals surface area contributed by atoms with E-state index in [4.69, 9.17) is 4.98 Å². The molecule has 0 saturated heterocycles. The summed E-state index contributed by atoms with van der Waals surface area (Å²) in [6, 6.07) is 4.34. The second-order valence-corrected chi connectivity index (χ2v) is 5.65. The van der Waals surface area contributed by atoms with Crippen molar-refractivity contribution in [3.63, 3.8) is 0 Å². The highest BCUT2D eigenvalue weighted by atomic mass is 15.1. The van der Waals surface area contributed by atoms with Gasteiger partial charge in [0.25, 0.3) is 0 Å². The van der Waals surface area contributed by atoms with Gasteiger partial charge in [-0.2, -0.15) is 5.26 Å². The van der Waals surface area contributed by atoms with Crippen LogP contribution in [0.1, 0.15) is 47.5 Å². The zero-order valence-corrected chi connectivity index (χ0v) is 11.4. The number of aryl methyl sites for hydroxylation is 3. The van der Waals surface area contributed by atoms with Gasteiger partial charge in [0.15, 0.2) is 5.82 Å². The maximum Gasteiger partial charge on any atom is 0.156 e. The van der Waals surface area contributed by atoms with Crippen LogP contribution in [0, 0.1) is 11.3 Å². The van der Waals surface area contributed by atoms with Gasteiger partial charge in [0, 0.05) is 11.4 Å². The number of aromatic nitrogens is 3. The molecule has 2 aliphatic carbocycles. The Hall–Kier alpha value is -2.15. The molecule has 0 radical (unpaired) electrons. The Kier molecular flexibility index (Phi) is 2.59. The number of imidazole rings is 1. The van der Waals surface area contributed by atoms with Crippen LogP contribution >= 0.6 is 0 Å². The maximum absolute atomic E-state index is 9.43. The van der Waals surface area contributed by atoms with E-state index >= 15 is 0 Å². The van der Waals surface area contributed by atoms with Crippen LogP contribution in [0.25, 0.3) is 5.82 Å². The summed E-state index contributed by atoms with van der Waals surface area (Å²) >= 11 is 0. The van der Waals surface area contributed by atoms with Gasteiger partial charge in [-0.15, -0.1) is 0 Å². The molecule has 0 N–H and O–H groups in total. The van der Waals surface area contributed by atoms with E-state index in [0.29, 0.717) is 5.56 Å². The number of pyridine rings is 1. The van der Waals surface area contributed by atoms with Crippen molar-refractivity contribution < 1.29 is 0 Å². The van der Waals surface area contributed by atoms with E-state index in [1.807, 2.05) is 17.0 Å². The number of fused-ring (bicyclic) bond motifs is 2. The van der Waals surface area contributed by atoms with Gasteiger partial charge in [0.1, 0.15) is 12.4 Å². The Labute approximate surface area is 118 Å². The highest BCUT2D eigenvalue weighted by Gasteiger charge is 2.21. The lowest BCUT2D eigenvalue weighted by molar-refractivity contribution is 0.653. The van der Waals surface area contributed by atoms with Crippen molar-refractivity contribution >= 4 is 0 Å². The lowest BCUT2D eigenvalue weighted by Crippen LogP contribution is -2.10. The van der Waals surface area contributed by atoms with Crippen molar-refractivity contribution in [1.29, 1.82) is 5.26 Å². The molecule has 0 unspecified atom stereocenters. The SMILES string of the molecule is N#Cc1cc2c(nc1-n1cnc3c1CCCC3)CCC2. The standard InChI is InChI=1S/C16H16N4/c17-9-12-8-11-4-3-6-13(11)19-16(12)20-10-18-14-5-1-2-7-15(14)20/h8,10H,1-7H2. The smallest absolute Gasteiger partial charge is 0.156 e. The lowest BCUT2D eigenvalue weighted by Gasteiger charge is -2.15. The molecule has 4 heteroatoms. The summed E-state index contributed by atoms with van der Waals surface area (Å²) in [7, 11) is 0. The molecule has 2 aromatic rings. The van der Waals surface area contributed by atoms with Crippen molar-refractivity contribution in [2.45, 2.75) is 44.9 Å². The van der Waals surface area contributed by atoms with E-state index in [2.05, 4.69) is 11.1 Å². The van der Waals surface area contributed by atoms with Crippen molar-refractivity contribution in [2.24, 2.45) is 0 Å². The summed E-state index contributed by atoms with van der Waals surface area (Å²) in [5, 5.41) is 9.43. The number of rotatable bonds is 1. The zero-order chi connectivity index (χ0) is 13.5. The van der Waals surface area contributed by atoms with E-state index in [-0.39, 0.29) is 0 Å². The fraction of sp³-hybridized carbons (Fsp3) is 0.438. The molecule has 0 aromatic carbocycles. The van der Waals surface area contributed by atoms with Gasteiger partial charge < -0.3 is 0 Å². The van der Waals surface area contributed by atoms with Crippen molar-refractivity contribution in [1.82, 2.24) is 14.5 Å².